The van der Waals surface area contributed by atoms with Crippen LogP contribution in [0.15, 0.2) is 93.8 Å². The van der Waals surface area contributed by atoms with E-state index in [1.807, 2.05) is 83.1 Å². The van der Waals surface area contributed by atoms with Crippen molar-refractivity contribution in [2.45, 2.75) is 35.0 Å². The highest BCUT2D eigenvalue weighted by Crippen LogP contribution is 2.48. The van der Waals surface area contributed by atoms with Crippen LogP contribution in [0.5, 0.6) is 5.75 Å². The summed E-state index contributed by atoms with van der Waals surface area (Å²) < 4.78 is 7.83. The van der Waals surface area contributed by atoms with Crippen molar-refractivity contribution >= 4 is 40.8 Å². The minimum absolute atomic E-state index is 0.00735. The van der Waals surface area contributed by atoms with Gasteiger partial charge in [0.25, 0.3) is 0 Å². The molecule has 0 radical (unpaired) electrons. The molecule has 0 fully saturated rings. The summed E-state index contributed by atoms with van der Waals surface area (Å²) >= 11 is 3.09. The van der Waals surface area contributed by atoms with Crippen molar-refractivity contribution in [2.75, 3.05) is 10.7 Å². The van der Waals surface area contributed by atoms with Gasteiger partial charge in [-0.3, -0.25) is 9.69 Å². The molecule has 0 N–H and O–H groups in total. The Morgan fingerprint density at radius 2 is 1.55 bits per heavy atom. The number of rotatable bonds is 7. The van der Waals surface area contributed by atoms with E-state index in [0.29, 0.717) is 18.3 Å². The number of hydrogen-bond donors (Lipinski definition) is 0. The van der Waals surface area contributed by atoms with Crippen LogP contribution in [0, 0.1) is 0 Å². The van der Waals surface area contributed by atoms with E-state index in [1.165, 1.54) is 11.8 Å². The predicted molar refractivity (Wildman–Crippen MR) is 131 cm³/mol. The Balaban J connectivity index is 1.32. The summed E-state index contributed by atoms with van der Waals surface area (Å²) in [5.74, 6) is 1.78. The minimum atomic E-state index is 0.00735. The number of ether oxygens (including phenoxy) is 1. The first kappa shape index (κ1) is 21.6. The fourth-order valence-electron chi connectivity index (χ4n) is 3.68. The fraction of sp³-hybridized carbons (Fsp3) is 0.160. The molecule has 0 unspecified atom stereocenters. The zero-order valence-electron chi connectivity index (χ0n) is 18.0. The number of hydrogen-bond acceptors (Lipinski definition) is 6. The Hall–Kier alpha value is -3.23. The second-order valence-electron chi connectivity index (χ2n) is 7.30. The number of thioether (sulfide) groups is 1. The van der Waals surface area contributed by atoms with Crippen molar-refractivity contribution in [3.05, 3.63) is 84.7 Å². The van der Waals surface area contributed by atoms with Crippen LogP contribution < -0.4 is 9.64 Å². The van der Waals surface area contributed by atoms with Crippen LogP contribution in [0.4, 0.5) is 11.4 Å². The third kappa shape index (κ3) is 4.49. The van der Waals surface area contributed by atoms with Crippen LogP contribution in [-0.2, 0) is 17.9 Å². The summed E-state index contributed by atoms with van der Waals surface area (Å²) in [6.07, 6.45) is 0. The normalized spacial score (nSPS) is 12.2. The van der Waals surface area contributed by atoms with E-state index in [9.17, 15) is 4.79 Å². The van der Waals surface area contributed by atoms with Gasteiger partial charge in [-0.25, -0.2) is 0 Å². The number of aromatic nitrogens is 3. The van der Waals surface area contributed by atoms with Gasteiger partial charge in [-0.2, -0.15) is 0 Å². The average Bonchev–Trinajstić information content (AvgIpc) is 3.26. The van der Waals surface area contributed by atoms with E-state index in [-0.39, 0.29) is 11.7 Å². The molecule has 0 spiro atoms. The topological polar surface area (TPSA) is 60.2 Å². The Labute approximate surface area is 201 Å². The summed E-state index contributed by atoms with van der Waals surface area (Å²) in [6.45, 7) is 3.06. The van der Waals surface area contributed by atoms with Gasteiger partial charge in [0.1, 0.15) is 12.4 Å². The van der Waals surface area contributed by atoms with Gasteiger partial charge in [0, 0.05) is 16.3 Å². The number of carbonyl (C=O) groups excluding carboxylic acids is 1. The smallest absolute Gasteiger partial charge is 0.242 e. The highest BCUT2D eigenvalue weighted by Gasteiger charge is 2.28. The minimum Gasteiger partial charge on any atom is -0.486 e. The van der Waals surface area contributed by atoms with Crippen molar-refractivity contribution in [1.82, 2.24) is 14.8 Å². The molecule has 0 saturated carbocycles. The van der Waals surface area contributed by atoms with Crippen molar-refractivity contribution in [3.8, 4) is 5.75 Å². The molecular weight excluding hydrogens is 452 g/mol. The van der Waals surface area contributed by atoms with Crippen molar-refractivity contribution in [3.63, 3.8) is 0 Å². The Kier molecular flexibility index (Phi) is 6.37. The lowest BCUT2D eigenvalue weighted by Gasteiger charge is -2.30. The molecule has 166 valence electrons. The van der Waals surface area contributed by atoms with Crippen LogP contribution >= 0.6 is 23.5 Å². The van der Waals surface area contributed by atoms with Crippen LogP contribution in [0.25, 0.3) is 0 Å². The zero-order chi connectivity index (χ0) is 22.6. The first-order chi connectivity index (χ1) is 16.2. The number of para-hydroxylation sites is 3. The third-order valence-electron chi connectivity index (χ3n) is 5.23. The summed E-state index contributed by atoms with van der Waals surface area (Å²) in [7, 11) is 0. The van der Waals surface area contributed by atoms with Gasteiger partial charge in [0.2, 0.25) is 5.91 Å². The second-order valence-corrected chi connectivity index (χ2v) is 9.33. The number of carbonyl (C=O) groups is 1. The molecule has 3 aromatic carbocycles. The summed E-state index contributed by atoms with van der Waals surface area (Å²) in [4.78, 5) is 17.4. The van der Waals surface area contributed by atoms with Gasteiger partial charge >= 0.3 is 0 Å². The molecule has 1 aromatic heterocycles. The van der Waals surface area contributed by atoms with E-state index in [0.717, 1.165) is 32.7 Å². The fourth-order valence-corrected chi connectivity index (χ4v) is 5.61. The largest absolute Gasteiger partial charge is 0.486 e. The SMILES string of the molecule is CCn1c(COc2ccccc2)nnc1SCC(=O)N1c2ccccc2Sc2ccccc21. The van der Waals surface area contributed by atoms with Crippen molar-refractivity contribution < 1.29 is 9.53 Å². The molecule has 1 aliphatic heterocycles. The predicted octanol–water partition coefficient (Wildman–Crippen LogP) is 5.80. The van der Waals surface area contributed by atoms with Gasteiger partial charge < -0.3 is 9.30 Å². The zero-order valence-corrected chi connectivity index (χ0v) is 19.7. The third-order valence-corrected chi connectivity index (χ3v) is 7.31. The van der Waals surface area contributed by atoms with Crippen LogP contribution in [0.2, 0.25) is 0 Å². The van der Waals surface area contributed by atoms with Crippen LogP contribution in [0.3, 0.4) is 0 Å². The Morgan fingerprint density at radius 1 is 0.909 bits per heavy atom. The lowest BCUT2D eigenvalue weighted by molar-refractivity contribution is -0.115. The molecule has 8 heteroatoms. The second kappa shape index (κ2) is 9.72. The van der Waals surface area contributed by atoms with Gasteiger partial charge in [0.15, 0.2) is 11.0 Å². The first-order valence-corrected chi connectivity index (χ1v) is 12.5. The molecule has 1 amide bonds. The molecule has 2 heterocycles. The van der Waals surface area contributed by atoms with E-state index >= 15 is 0 Å². The average molecular weight is 475 g/mol. The molecular formula is C25H22N4O2S2. The van der Waals surface area contributed by atoms with Gasteiger partial charge in [-0.05, 0) is 43.3 Å². The summed E-state index contributed by atoms with van der Waals surface area (Å²) in [5.41, 5.74) is 1.83. The molecule has 1 aliphatic rings. The summed E-state index contributed by atoms with van der Waals surface area (Å²) in [5, 5.41) is 9.34. The molecule has 0 atom stereocenters. The molecule has 33 heavy (non-hydrogen) atoms. The molecule has 6 nitrogen and oxygen atoms in total. The first-order valence-electron chi connectivity index (χ1n) is 10.7. The number of nitrogens with zero attached hydrogens (tertiary/aromatic N) is 4. The molecule has 4 aromatic rings. The van der Waals surface area contributed by atoms with E-state index < -0.39 is 0 Å². The molecule has 0 aliphatic carbocycles. The lowest BCUT2D eigenvalue weighted by Crippen LogP contribution is -2.30. The number of fused-ring (bicyclic) bond motifs is 2. The number of benzene rings is 3. The Bertz CT molecular complexity index is 1230. The highest BCUT2D eigenvalue weighted by molar-refractivity contribution is 8.00. The maximum Gasteiger partial charge on any atom is 0.242 e. The summed E-state index contributed by atoms with van der Waals surface area (Å²) in [6, 6.07) is 25.7. The monoisotopic (exact) mass is 474 g/mol. The van der Waals surface area contributed by atoms with Crippen molar-refractivity contribution in [1.29, 1.82) is 0 Å². The van der Waals surface area contributed by atoms with Crippen LogP contribution in [-0.4, -0.2) is 26.4 Å². The standard InChI is InChI=1S/C25H22N4O2S2/c1-2-28-23(16-31-18-10-4-3-5-11-18)26-27-25(28)32-17-24(30)29-19-12-6-8-14-21(19)33-22-15-9-7-13-20(22)29/h3-15H,2,16-17H2,1H3. The Morgan fingerprint density at radius 3 is 2.21 bits per heavy atom. The maximum atomic E-state index is 13.4. The van der Waals surface area contributed by atoms with Crippen LogP contribution in [0.1, 0.15) is 12.7 Å². The van der Waals surface area contributed by atoms with E-state index in [4.69, 9.17) is 4.74 Å². The van der Waals surface area contributed by atoms with Gasteiger partial charge in [0.05, 0.1) is 17.1 Å². The number of amides is 1. The van der Waals surface area contributed by atoms with Gasteiger partial charge in [-0.1, -0.05) is 66.0 Å². The molecule has 0 saturated heterocycles. The maximum absolute atomic E-state index is 13.4. The lowest BCUT2D eigenvalue weighted by atomic mass is 10.2. The molecule has 0 bridgehead atoms. The highest BCUT2D eigenvalue weighted by atomic mass is 32.2. The van der Waals surface area contributed by atoms with E-state index in [1.54, 1.807) is 11.8 Å². The van der Waals surface area contributed by atoms with Crippen molar-refractivity contribution in [2.24, 2.45) is 0 Å². The quantitative estimate of drug-likeness (QED) is 0.316. The molecule has 5 rings (SSSR count). The van der Waals surface area contributed by atoms with E-state index in [2.05, 4.69) is 22.3 Å². The van der Waals surface area contributed by atoms with Gasteiger partial charge in [-0.15, -0.1) is 10.2 Å². The number of anilines is 2.